The van der Waals surface area contributed by atoms with Crippen LogP contribution in [0.25, 0.3) is 0 Å². The highest BCUT2D eigenvalue weighted by molar-refractivity contribution is 5.91. The van der Waals surface area contributed by atoms with E-state index in [0.29, 0.717) is 12.0 Å². The number of hydrogen-bond acceptors (Lipinski definition) is 2. The van der Waals surface area contributed by atoms with Gasteiger partial charge in [0.1, 0.15) is 18.2 Å². The smallest absolute Gasteiger partial charge is 0.224 e. The summed E-state index contributed by atoms with van der Waals surface area (Å²) >= 11 is 0. The number of rotatable bonds is 6. The zero-order chi connectivity index (χ0) is 16.8. The first-order chi connectivity index (χ1) is 11.0. The van der Waals surface area contributed by atoms with E-state index >= 15 is 0 Å². The van der Waals surface area contributed by atoms with E-state index in [1.807, 2.05) is 19.1 Å². The molecule has 0 aromatic heterocycles. The van der Waals surface area contributed by atoms with Gasteiger partial charge in [-0.1, -0.05) is 38.1 Å². The summed E-state index contributed by atoms with van der Waals surface area (Å²) in [6, 6.07) is 10.7. The van der Waals surface area contributed by atoms with Crippen LogP contribution in [-0.4, -0.2) is 5.91 Å². The van der Waals surface area contributed by atoms with Crippen LogP contribution in [0.5, 0.6) is 5.75 Å². The van der Waals surface area contributed by atoms with Crippen molar-refractivity contribution < 1.29 is 13.9 Å². The molecular weight excluding hydrogens is 293 g/mol. The summed E-state index contributed by atoms with van der Waals surface area (Å²) in [6.45, 7) is 6.01. The van der Waals surface area contributed by atoms with Crippen LogP contribution in [-0.2, 0) is 17.8 Å². The van der Waals surface area contributed by atoms with Gasteiger partial charge in [0.15, 0.2) is 0 Å². The predicted molar refractivity (Wildman–Crippen MR) is 90.2 cm³/mol. The normalized spacial score (nSPS) is 10.4. The van der Waals surface area contributed by atoms with Crippen molar-refractivity contribution in [2.45, 2.75) is 40.2 Å². The Morgan fingerprint density at radius 2 is 2.00 bits per heavy atom. The molecule has 0 aliphatic carbocycles. The van der Waals surface area contributed by atoms with Crippen LogP contribution in [0.1, 0.15) is 37.0 Å². The molecule has 0 unspecified atom stereocenters. The topological polar surface area (TPSA) is 38.3 Å². The largest absolute Gasteiger partial charge is 0.489 e. The highest BCUT2D eigenvalue weighted by Crippen LogP contribution is 2.24. The molecule has 1 amide bonds. The van der Waals surface area contributed by atoms with E-state index in [1.54, 1.807) is 19.1 Å². The van der Waals surface area contributed by atoms with Crippen molar-refractivity contribution in [3.05, 3.63) is 58.9 Å². The number of nitrogens with one attached hydrogen (secondary N) is 1. The molecule has 1 N–H and O–H groups in total. The summed E-state index contributed by atoms with van der Waals surface area (Å²) < 4.78 is 19.8. The van der Waals surface area contributed by atoms with Gasteiger partial charge in [0.25, 0.3) is 0 Å². The summed E-state index contributed by atoms with van der Waals surface area (Å²) in [5, 5.41) is 2.60. The van der Waals surface area contributed by atoms with E-state index in [9.17, 15) is 9.18 Å². The lowest BCUT2D eigenvalue weighted by Crippen LogP contribution is -2.13. The van der Waals surface area contributed by atoms with Crippen molar-refractivity contribution in [1.82, 2.24) is 0 Å². The van der Waals surface area contributed by atoms with Crippen molar-refractivity contribution in [1.29, 1.82) is 0 Å². The maximum atomic E-state index is 14.0. The molecule has 2 aromatic carbocycles. The second-order valence-corrected chi connectivity index (χ2v) is 5.42. The average molecular weight is 315 g/mol. The SMILES string of the molecule is CCC(=O)Nc1c(F)cccc1COc1ccc(CC)cc1C. The van der Waals surface area contributed by atoms with E-state index in [4.69, 9.17) is 4.74 Å². The maximum absolute atomic E-state index is 14.0. The number of carbonyl (C=O) groups excluding carboxylic acids is 1. The molecule has 2 rings (SSSR count). The fourth-order valence-electron chi connectivity index (χ4n) is 2.31. The van der Waals surface area contributed by atoms with Gasteiger partial charge < -0.3 is 10.1 Å². The Hall–Kier alpha value is -2.36. The van der Waals surface area contributed by atoms with Crippen molar-refractivity contribution >= 4 is 11.6 Å². The number of carbonyl (C=O) groups is 1. The zero-order valence-corrected chi connectivity index (χ0v) is 13.8. The number of para-hydroxylation sites is 1. The number of hydrogen-bond donors (Lipinski definition) is 1. The monoisotopic (exact) mass is 315 g/mol. The first-order valence-electron chi connectivity index (χ1n) is 7.84. The van der Waals surface area contributed by atoms with E-state index in [1.165, 1.54) is 11.6 Å². The molecule has 0 spiro atoms. The van der Waals surface area contributed by atoms with Crippen molar-refractivity contribution in [3.63, 3.8) is 0 Å². The Balaban J connectivity index is 2.17. The van der Waals surface area contributed by atoms with Crippen LogP contribution < -0.4 is 10.1 Å². The molecule has 4 heteroatoms. The molecule has 122 valence electrons. The molecular formula is C19H22FNO2. The second-order valence-electron chi connectivity index (χ2n) is 5.42. The fraction of sp³-hybridized carbons (Fsp3) is 0.316. The van der Waals surface area contributed by atoms with Gasteiger partial charge in [0, 0.05) is 12.0 Å². The Morgan fingerprint density at radius 1 is 1.22 bits per heavy atom. The first kappa shape index (κ1) is 17.0. The quantitative estimate of drug-likeness (QED) is 0.844. The highest BCUT2D eigenvalue weighted by atomic mass is 19.1. The summed E-state index contributed by atoms with van der Waals surface area (Å²) in [4.78, 5) is 11.6. The molecule has 0 radical (unpaired) electrons. The Kier molecular flexibility index (Phi) is 5.74. The molecule has 0 heterocycles. The van der Waals surface area contributed by atoms with Gasteiger partial charge in [0.05, 0.1) is 5.69 Å². The molecule has 0 bridgehead atoms. The molecule has 2 aromatic rings. The van der Waals surface area contributed by atoms with Crippen molar-refractivity contribution in [3.8, 4) is 5.75 Å². The van der Waals surface area contributed by atoms with Crippen LogP contribution in [0, 0.1) is 12.7 Å². The Bertz CT molecular complexity index is 698. The molecule has 0 atom stereocenters. The van der Waals surface area contributed by atoms with E-state index in [-0.39, 0.29) is 18.2 Å². The summed E-state index contributed by atoms with van der Waals surface area (Å²) in [5.41, 5.74) is 3.10. The fourth-order valence-corrected chi connectivity index (χ4v) is 2.31. The lowest BCUT2D eigenvalue weighted by Gasteiger charge is -2.14. The molecule has 0 saturated heterocycles. The van der Waals surface area contributed by atoms with Gasteiger partial charge in [-0.25, -0.2) is 4.39 Å². The summed E-state index contributed by atoms with van der Waals surface area (Å²) in [7, 11) is 0. The average Bonchev–Trinajstić information content (AvgIpc) is 2.56. The number of anilines is 1. The first-order valence-corrected chi connectivity index (χ1v) is 7.84. The minimum Gasteiger partial charge on any atom is -0.489 e. The van der Waals surface area contributed by atoms with Crippen LogP contribution in [0.15, 0.2) is 36.4 Å². The van der Waals surface area contributed by atoms with E-state index < -0.39 is 5.82 Å². The van der Waals surface area contributed by atoms with Crippen molar-refractivity contribution in [2.75, 3.05) is 5.32 Å². The number of aryl methyl sites for hydroxylation is 2. The molecule has 23 heavy (non-hydrogen) atoms. The van der Waals surface area contributed by atoms with Crippen LogP contribution in [0.4, 0.5) is 10.1 Å². The summed E-state index contributed by atoms with van der Waals surface area (Å²) in [6.07, 6.45) is 1.27. The third kappa shape index (κ3) is 4.31. The van der Waals surface area contributed by atoms with Crippen molar-refractivity contribution in [2.24, 2.45) is 0 Å². The van der Waals surface area contributed by atoms with Gasteiger partial charge in [0.2, 0.25) is 5.91 Å². The van der Waals surface area contributed by atoms with Crippen LogP contribution in [0.3, 0.4) is 0 Å². The lowest BCUT2D eigenvalue weighted by molar-refractivity contribution is -0.115. The predicted octanol–water partition coefficient (Wildman–Crippen LogP) is 4.62. The number of ether oxygens (including phenoxy) is 1. The van der Waals surface area contributed by atoms with Gasteiger partial charge in [-0.15, -0.1) is 0 Å². The number of benzene rings is 2. The van der Waals surface area contributed by atoms with Crippen LogP contribution >= 0.6 is 0 Å². The minimum absolute atomic E-state index is 0.196. The van der Waals surface area contributed by atoms with Gasteiger partial charge in [-0.05, 0) is 36.6 Å². The lowest BCUT2D eigenvalue weighted by atomic mass is 10.1. The van der Waals surface area contributed by atoms with E-state index in [2.05, 4.69) is 18.3 Å². The Labute approximate surface area is 136 Å². The zero-order valence-electron chi connectivity index (χ0n) is 13.8. The molecule has 0 saturated carbocycles. The minimum atomic E-state index is -0.453. The Morgan fingerprint density at radius 3 is 2.65 bits per heavy atom. The molecule has 0 aliphatic rings. The highest BCUT2D eigenvalue weighted by Gasteiger charge is 2.12. The molecule has 0 fully saturated rings. The summed E-state index contributed by atoms with van der Waals surface area (Å²) in [5.74, 6) is 0.0880. The third-order valence-corrected chi connectivity index (χ3v) is 3.72. The third-order valence-electron chi connectivity index (χ3n) is 3.72. The number of amides is 1. The van der Waals surface area contributed by atoms with Gasteiger partial charge >= 0.3 is 0 Å². The molecule has 0 aliphatic heterocycles. The number of halogens is 1. The van der Waals surface area contributed by atoms with Gasteiger partial charge in [-0.3, -0.25) is 4.79 Å². The maximum Gasteiger partial charge on any atom is 0.224 e. The van der Waals surface area contributed by atoms with E-state index in [0.717, 1.165) is 17.7 Å². The standard InChI is InChI=1S/C19H22FNO2/c1-4-14-9-10-17(13(3)11-14)23-12-15-7-6-8-16(20)19(15)21-18(22)5-2/h6-11H,4-5,12H2,1-3H3,(H,21,22). The van der Waals surface area contributed by atoms with Gasteiger partial charge in [-0.2, -0.15) is 0 Å². The second kappa shape index (κ2) is 7.77. The van der Waals surface area contributed by atoms with Crippen LogP contribution in [0.2, 0.25) is 0 Å². The molecule has 3 nitrogen and oxygen atoms in total.